The van der Waals surface area contributed by atoms with Crippen molar-refractivity contribution in [3.05, 3.63) is 96.1 Å². The van der Waals surface area contributed by atoms with Gasteiger partial charge in [-0.1, -0.05) is 48.5 Å². The monoisotopic (exact) mass is 413 g/mol. The van der Waals surface area contributed by atoms with Crippen LogP contribution in [0.15, 0.2) is 84.9 Å². The van der Waals surface area contributed by atoms with Crippen LogP contribution in [-0.2, 0) is 16.1 Å². The molecule has 0 spiro atoms. The Morgan fingerprint density at radius 1 is 0.871 bits per heavy atom. The summed E-state index contributed by atoms with van der Waals surface area (Å²) in [5.74, 6) is -0.854. The Labute approximate surface area is 180 Å². The first-order chi connectivity index (χ1) is 15.1. The topological polar surface area (TPSA) is 78.5 Å². The van der Waals surface area contributed by atoms with E-state index in [1.165, 1.54) is 0 Å². The summed E-state index contributed by atoms with van der Waals surface area (Å²) in [6.45, 7) is 0.806. The summed E-state index contributed by atoms with van der Waals surface area (Å²) in [7, 11) is 0. The zero-order valence-corrected chi connectivity index (χ0v) is 17.0. The quantitative estimate of drug-likeness (QED) is 0.648. The molecule has 156 valence electrons. The second-order valence-corrected chi connectivity index (χ2v) is 7.48. The minimum Gasteiger partial charge on any atom is -0.348 e. The number of nitrogens with one attached hydrogen (secondary N) is 2. The van der Waals surface area contributed by atoms with Gasteiger partial charge in [0.15, 0.2) is 0 Å². The Balaban J connectivity index is 1.32. The SMILES string of the molecule is O=C(NCc1ccccc1)c1ccc(NC(=O)C2CC(=O)N(c3ccccc3)C2)cc1. The number of rotatable bonds is 6. The molecule has 0 radical (unpaired) electrons. The molecule has 1 fully saturated rings. The lowest BCUT2D eigenvalue weighted by Gasteiger charge is -2.16. The van der Waals surface area contributed by atoms with E-state index in [1.807, 2.05) is 60.7 Å². The largest absolute Gasteiger partial charge is 0.348 e. The maximum atomic E-state index is 12.6. The number of hydrogen-bond acceptors (Lipinski definition) is 3. The van der Waals surface area contributed by atoms with Crippen LogP contribution < -0.4 is 15.5 Å². The van der Waals surface area contributed by atoms with E-state index in [0.717, 1.165) is 11.3 Å². The molecule has 1 aliphatic rings. The number of carbonyl (C=O) groups excluding carboxylic acids is 3. The van der Waals surface area contributed by atoms with Gasteiger partial charge in [0, 0.05) is 36.4 Å². The summed E-state index contributed by atoms with van der Waals surface area (Å²) in [5, 5.41) is 5.73. The van der Waals surface area contributed by atoms with Crippen LogP contribution in [0.3, 0.4) is 0 Å². The number of anilines is 2. The lowest BCUT2D eigenvalue weighted by atomic mass is 10.1. The third-order valence-corrected chi connectivity index (χ3v) is 5.27. The van der Waals surface area contributed by atoms with E-state index in [9.17, 15) is 14.4 Å². The van der Waals surface area contributed by atoms with Crippen LogP contribution in [0.5, 0.6) is 0 Å². The van der Waals surface area contributed by atoms with Gasteiger partial charge >= 0.3 is 0 Å². The first-order valence-electron chi connectivity index (χ1n) is 10.2. The molecule has 31 heavy (non-hydrogen) atoms. The van der Waals surface area contributed by atoms with Crippen LogP contribution in [0, 0.1) is 5.92 Å². The fraction of sp³-hybridized carbons (Fsp3) is 0.160. The smallest absolute Gasteiger partial charge is 0.251 e. The van der Waals surface area contributed by atoms with Crippen molar-refractivity contribution in [3.8, 4) is 0 Å². The van der Waals surface area contributed by atoms with Gasteiger partial charge < -0.3 is 15.5 Å². The van der Waals surface area contributed by atoms with Crippen LogP contribution in [-0.4, -0.2) is 24.3 Å². The van der Waals surface area contributed by atoms with E-state index >= 15 is 0 Å². The van der Waals surface area contributed by atoms with Crippen molar-refractivity contribution in [1.29, 1.82) is 0 Å². The molecular formula is C25H23N3O3. The molecule has 6 nitrogen and oxygen atoms in total. The van der Waals surface area contributed by atoms with Crippen molar-refractivity contribution < 1.29 is 14.4 Å². The van der Waals surface area contributed by atoms with E-state index in [1.54, 1.807) is 29.2 Å². The summed E-state index contributed by atoms with van der Waals surface area (Å²) >= 11 is 0. The van der Waals surface area contributed by atoms with E-state index in [0.29, 0.717) is 24.3 Å². The van der Waals surface area contributed by atoms with Gasteiger partial charge in [0.05, 0.1) is 5.92 Å². The molecule has 0 saturated carbocycles. The van der Waals surface area contributed by atoms with Crippen LogP contribution >= 0.6 is 0 Å². The molecule has 1 aliphatic heterocycles. The van der Waals surface area contributed by atoms with E-state index < -0.39 is 5.92 Å². The van der Waals surface area contributed by atoms with E-state index in [4.69, 9.17) is 0 Å². The predicted octanol–water partition coefficient (Wildman–Crippen LogP) is 3.61. The zero-order valence-electron chi connectivity index (χ0n) is 17.0. The number of nitrogens with zero attached hydrogens (tertiary/aromatic N) is 1. The lowest BCUT2D eigenvalue weighted by Crippen LogP contribution is -2.28. The van der Waals surface area contributed by atoms with E-state index in [2.05, 4.69) is 10.6 Å². The van der Waals surface area contributed by atoms with Crippen LogP contribution in [0.4, 0.5) is 11.4 Å². The van der Waals surface area contributed by atoms with Gasteiger partial charge in [0.1, 0.15) is 0 Å². The molecule has 6 heteroatoms. The predicted molar refractivity (Wildman–Crippen MR) is 120 cm³/mol. The average Bonchev–Trinajstić information content (AvgIpc) is 3.21. The Bertz CT molecular complexity index is 1070. The minimum atomic E-state index is -0.415. The van der Waals surface area contributed by atoms with Gasteiger partial charge in [-0.2, -0.15) is 0 Å². The molecule has 4 rings (SSSR count). The molecule has 1 atom stereocenters. The van der Waals surface area contributed by atoms with Crippen LogP contribution in [0.2, 0.25) is 0 Å². The van der Waals surface area contributed by atoms with Crippen molar-refractivity contribution in [1.82, 2.24) is 5.32 Å². The van der Waals surface area contributed by atoms with Gasteiger partial charge in [-0.05, 0) is 42.0 Å². The summed E-state index contributed by atoms with van der Waals surface area (Å²) in [6, 6.07) is 25.8. The number of benzene rings is 3. The number of carbonyl (C=O) groups is 3. The first-order valence-corrected chi connectivity index (χ1v) is 10.2. The van der Waals surface area contributed by atoms with Crippen molar-refractivity contribution >= 4 is 29.1 Å². The van der Waals surface area contributed by atoms with Crippen molar-refractivity contribution in [2.24, 2.45) is 5.92 Å². The summed E-state index contributed by atoms with van der Waals surface area (Å²) in [6.07, 6.45) is 0.181. The summed E-state index contributed by atoms with van der Waals surface area (Å²) < 4.78 is 0. The Kier molecular flexibility index (Phi) is 6.08. The lowest BCUT2D eigenvalue weighted by molar-refractivity contribution is -0.122. The van der Waals surface area contributed by atoms with Gasteiger partial charge in [-0.15, -0.1) is 0 Å². The molecule has 3 aromatic rings. The van der Waals surface area contributed by atoms with Crippen molar-refractivity contribution in [3.63, 3.8) is 0 Å². The number of amides is 3. The molecule has 1 heterocycles. The molecule has 3 amide bonds. The van der Waals surface area contributed by atoms with Gasteiger partial charge in [0.2, 0.25) is 11.8 Å². The Morgan fingerprint density at radius 2 is 1.52 bits per heavy atom. The maximum Gasteiger partial charge on any atom is 0.251 e. The van der Waals surface area contributed by atoms with Crippen molar-refractivity contribution in [2.45, 2.75) is 13.0 Å². The normalized spacial score (nSPS) is 15.5. The van der Waals surface area contributed by atoms with Gasteiger partial charge in [0.25, 0.3) is 5.91 Å². The standard InChI is InChI=1S/C25H23N3O3/c29-23-15-20(17-28(23)22-9-5-2-6-10-22)25(31)27-21-13-11-19(12-14-21)24(30)26-16-18-7-3-1-4-8-18/h1-14,20H,15-17H2,(H,26,30)(H,27,31). The second kappa shape index (κ2) is 9.26. The molecule has 3 aromatic carbocycles. The molecular weight excluding hydrogens is 390 g/mol. The maximum absolute atomic E-state index is 12.6. The third kappa shape index (κ3) is 4.98. The molecule has 2 N–H and O–H groups in total. The summed E-state index contributed by atoms with van der Waals surface area (Å²) in [5.41, 5.74) is 2.93. The fourth-order valence-electron chi connectivity index (χ4n) is 3.57. The van der Waals surface area contributed by atoms with Gasteiger partial charge in [-0.3, -0.25) is 14.4 Å². The van der Waals surface area contributed by atoms with Crippen molar-refractivity contribution in [2.75, 3.05) is 16.8 Å². The zero-order chi connectivity index (χ0) is 21.6. The molecule has 0 aromatic heterocycles. The third-order valence-electron chi connectivity index (χ3n) is 5.27. The molecule has 0 bridgehead atoms. The number of hydrogen-bond donors (Lipinski definition) is 2. The fourth-order valence-corrected chi connectivity index (χ4v) is 3.57. The average molecular weight is 413 g/mol. The highest BCUT2D eigenvalue weighted by atomic mass is 16.2. The Hall–Kier alpha value is -3.93. The first kappa shape index (κ1) is 20.3. The highest BCUT2D eigenvalue weighted by Crippen LogP contribution is 2.25. The highest BCUT2D eigenvalue weighted by Gasteiger charge is 2.35. The van der Waals surface area contributed by atoms with Crippen LogP contribution in [0.1, 0.15) is 22.3 Å². The highest BCUT2D eigenvalue weighted by molar-refractivity contribution is 6.03. The second-order valence-electron chi connectivity index (χ2n) is 7.48. The van der Waals surface area contributed by atoms with E-state index in [-0.39, 0.29) is 24.1 Å². The summed E-state index contributed by atoms with van der Waals surface area (Å²) in [4.78, 5) is 38.9. The minimum absolute atomic E-state index is 0.0585. The van der Waals surface area contributed by atoms with Gasteiger partial charge in [-0.25, -0.2) is 0 Å². The van der Waals surface area contributed by atoms with Crippen LogP contribution in [0.25, 0.3) is 0 Å². The Morgan fingerprint density at radius 3 is 2.19 bits per heavy atom. The molecule has 1 saturated heterocycles. The number of para-hydroxylation sites is 1. The molecule has 0 aliphatic carbocycles. The molecule has 1 unspecified atom stereocenters.